The van der Waals surface area contributed by atoms with Gasteiger partial charge in [0.25, 0.3) is 5.95 Å². The zero-order valence-corrected chi connectivity index (χ0v) is 13.6. The normalized spacial score (nSPS) is 11.4. The number of nitriles is 1. The molecule has 1 aromatic carbocycles. The van der Waals surface area contributed by atoms with Crippen molar-refractivity contribution in [2.24, 2.45) is 0 Å². The lowest BCUT2D eigenvalue weighted by atomic mass is 10.2. The average Bonchev–Trinajstić information content (AvgIpc) is 3.14. The summed E-state index contributed by atoms with van der Waals surface area (Å²) in [4.78, 5) is 24.5. The Kier molecular flexibility index (Phi) is 4.80. The van der Waals surface area contributed by atoms with Crippen LogP contribution in [-0.2, 0) is 0 Å². The predicted molar refractivity (Wildman–Crippen MR) is 88.6 cm³/mol. The van der Waals surface area contributed by atoms with E-state index >= 15 is 0 Å². The average molecular weight is 352 g/mol. The molecule has 10 heteroatoms. The van der Waals surface area contributed by atoms with Crippen LogP contribution in [0.25, 0.3) is 5.95 Å². The minimum absolute atomic E-state index is 0.0219. The van der Waals surface area contributed by atoms with E-state index in [4.69, 9.17) is 5.26 Å². The van der Waals surface area contributed by atoms with Gasteiger partial charge in [-0.15, -0.1) is 0 Å². The highest BCUT2D eigenvalue weighted by atomic mass is 19.1. The molecule has 3 aromatic rings. The maximum Gasteiger partial charge on any atom is 0.319 e. The third kappa shape index (κ3) is 3.62. The van der Waals surface area contributed by atoms with Gasteiger partial charge in [0.2, 0.25) is 0 Å². The van der Waals surface area contributed by atoms with Crippen LogP contribution in [0.3, 0.4) is 0 Å². The monoisotopic (exact) mass is 352 g/mol. The summed E-state index contributed by atoms with van der Waals surface area (Å²) in [6, 6.07) is 5.90. The Labute approximate surface area is 147 Å². The molecule has 2 heterocycles. The fourth-order valence-electron chi connectivity index (χ4n) is 2.24. The van der Waals surface area contributed by atoms with E-state index in [1.165, 1.54) is 17.1 Å². The second kappa shape index (κ2) is 7.35. The van der Waals surface area contributed by atoms with Crippen molar-refractivity contribution in [3.05, 3.63) is 60.2 Å². The van der Waals surface area contributed by atoms with E-state index in [0.29, 0.717) is 11.8 Å². The molecular weight excluding hydrogens is 339 g/mol. The summed E-state index contributed by atoms with van der Waals surface area (Å²) in [5, 5.41) is 18.3. The highest BCUT2D eigenvalue weighted by Gasteiger charge is 2.18. The molecule has 0 saturated carbocycles. The van der Waals surface area contributed by atoms with Crippen molar-refractivity contribution < 1.29 is 9.18 Å². The van der Waals surface area contributed by atoms with Crippen LogP contribution in [0.4, 0.5) is 14.9 Å². The molecule has 0 radical (unpaired) electrons. The number of rotatable bonds is 4. The number of carbonyl (C=O) groups is 1. The molecule has 26 heavy (non-hydrogen) atoms. The van der Waals surface area contributed by atoms with Gasteiger partial charge in [0.1, 0.15) is 18.2 Å². The summed E-state index contributed by atoms with van der Waals surface area (Å²) < 4.78 is 14.6. The number of nitrogens with zero attached hydrogens (tertiary/aromatic N) is 6. The molecule has 0 saturated heterocycles. The SMILES string of the molecule is C[C@H](NC(=O)Nc1ccc(F)cc1C#N)c1ncnn1-c1ncccn1. The van der Waals surface area contributed by atoms with Gasteiger partial charge in [-0.25, -0.2) is 24.1 Å². The van der Waals surface area contributed by atoms with E-state index < -0.39 is 17.9 Å². The second-order valence-electron chi connectivity index (χ2n) is 5.20. The summed E-state index contributed by atoms with van der Waals surface area (Å²) >= 11 is 0. The van der Waals surface area contributed by atoms with Crippen LogP contribution in [0.5, 0.6) is 0 Å². The molecule has 0 bridgehead atoms. The number of benzene rings is 1. The van der Waals surface area contributed by atoms with Crippen LogP contribution in [0.15, 0.2) is 43.0 Å². The molecular formula is C16H13FN8O. The molecule has 3 rings (SSSR count). The number of amides is 2. The molecule has 2 N–H and O–H groups in total. The molecule has 2 aromatic heterocycles. The molecule has 0 aliphatic rings. The minimum Gasteiger partial charge on any atom is -0.328 e. The van der Waals surface area contributed by atoms with Crippen LogP contribution in [0.1, 0.15) is 24.4 Å². The van der Waals surface area contributed by atoms with E-state index in [9.17, 15) is 9.18 Å². The van der Waals surface area contributed by atoms with Crippen molar-refractivity contribution in [1.29, 1.82) is 5.26 Å². The van der Waals surface area contributed by atoms with Gasteiger partial charge in [-0.3, -0.25) is 0 Å². The molecule has 0 aliphatic carbocycles. The molecule has 1 atom stereocenters. The fourth-order valence-corrected chi connectivity index (χ4v) is 2.24. The maximum atomic E-state index is 13.2. The van der Waals surface area contributed by atoms with E-state index in [1.54, 1.807) is 25.4 Å². The van der Waals surface area contributed by atoms with Crippen LogP contribution in [-0.4, -0.2) is 30.8 Å². The summed E-state index contributed by atoms with van der Waals surface area (Å²) in [5.74, 6) is 0.183. The van der Waals surface area contributed by atoms with Gasteiger partial charge in [0.15, 0.2) is 5.82 Å². The Bertz CT molecular complexity index is 966. The number of hydrogen-bond acceptors (Lipinski definition) is 6. The highest BCUT2D eigenvalue weighted by molar-refractivity contribution is 5.90. The van der Waals surface area contributed by atoms with Gasteiger partial charge in [-0.1, -0.05) is 0 Å². The van der Waals surface area contributed by atoms with E-state index in [0.717, 1.165) is 12.1 Å². The van der Waals surface area contributed by atoms with Gasteiger partial charge in [0.05, 0.1) is 17.3 Å². The molecule has 9 nitrogen and oxygen atoms in total. The van der Waals surface area contributed by atoms with Gasteiger partial charge in [0, 0.05) is 12.4 Å². The first-order valence-corrected chi connectivity index (χ1v) is 7.53. The second-order valence-corrected chi connectivity index (χ2v) is 5.20. The number of urea groups is 1. The zero-order valence-electron chi connectivity index (χ0n) is 13.6. The number of halogens is 1. The van der Waals surface area contributed by atoms with Crippen molar-refractivity contribution in [1.82, 2.24) is 30.0 Å². The summed E-state index contributed by atoms with van der Waals surface area (Å²) in [6.45, 7) is 1.71. The van der Waals surface area contributed by atoms with Crippen LogP contribution in [0.2, 0.25) is 0 Å². The molecule has 0 fully saturated rings. The van der Waals surface area contributed by atoms with Crippen molar-refractivity contribution in [3.8, 4) is 12.0 Å². The third-order valence-electron chi connectivity index (χ3n) is 3.40. The third-order valence-corrected chi connectivity index (χ3v) is 3.40. The van der Waals surface area contributed by atoms with Crippen LogP contribution >= 0.6 is 0 Å². The smallest absolute Gasteiger partial charge is 0.319 e. The minimum atomic E-state index is -0.580. The zero-order chi connectivity index (χ0) is 18.5. The lowest BCUT2D eigenvalue weighted by Gasteiger charge is -2.15. The van der Waals surface area contributed by atoms with Crippen molar-refractivity contribution in [3.63, 3.8) is 0 Å². The van der Waals surface area contributed by atoms with Crippen molar-refractivity contribution >= 4 is 11.7 Å². The predicted octanol–water partition coefficient (Wildman–Crippen LogP) is 1.95. The van der Waals surface area contributed by atoms with E-state index in [2.05, 4.69) is 30.7 Å². The van der Waals surface area contributed by atoms with Crippen LogP contribution in [0, 0.1) is 17.1 Å². The molecule has 0 spiro atoms. The number of anilines is 1. The topological polar surface area (TPSA) is 121 Å². The quantitative estimate of drug-likeness (QED) is 0.740. The lowest BCUT2D eigenvalue weighted by molar-refractivity contribution is 0.248. The molecule has 130 valence electrons. The first-order chi connectivity index (χ1) is 12.6. The Balaban J connectivity index is 1.73. The van der Waals surface area contributed by atoms with Gasteiger partial charge >= 0.3 is 6.03 Å². The highest BCUT2D eigenvalue weighted by Crippen LogP contribution is 2.17. The Morgan fingerprint density at radius 3 is 2.81 bits per heavy atom. The first kappa shape index (κ1) is 17.0. The number of nitrogens with one attached hydrogen (secondary N) is 2. The fraction of sp³-hybridized carbons (Fsp3) is 0.125. The maximum absolute atomic E-state index is 13.2. The number of aromatic nitrogens is 5. The van der Waals surface area contributed by atoms with Crippen molar-refractivity contribution in [2.75, 3.05) is 5.32 Å². The Morgan fingerprint density at radius 2 is 2.08 bits per heavy atom. The van der Waals surface area contributed by atoms with E-state index in [1.807, 2.05) is 6.07 Å². The summed E-state index contributed by atoms with van der Waals surface area (Å²) in [5.41, 5.74) is 0.222. The lowest BCUT2D eigenvalue weighted by Crippen LogP contribution is -2.33. The largest absolute Gasteiger partial charge is 0.328 e. The van der Waals surface area contributed by atoms with Crippen LogP contribution < -0.4 is 10.6 Å². The summed E-state index contributed by atoms with van der Waals surface area (Å²) in [7, 11) is 0. The van der Waals surface area contributed by atoms with Gasteiger partial charge in [-0.05, 0) is 31.2 Å². The number of carbonyl (C=O) groups excluding carboxylic acids is 1. The van der Waals surface area contributed by atoms with E-state index in [-0.39, 0.29) is 11.3 Å². The molecule has 2 amide bonds. The molecule has 0 unspecified atom stereocenters. The number of hydrogen-bond donors (Lipinski definition) is 2. The van der Waals surface area contributed by atoms with Gasteiger partial charge < -0.3 is 10.6 Å². The first-order valence-electron chi connectivity index (χ1n) is 7.53. The Morgan fingerprint density at radius 1 is 1.31 bits per heavy atom. The van der Waals surface area contributed by atoms with Gasteiger partial charge in [-0.2, -0.15) is 15.0 Å². The van der Waals surface area contributed by atoms with Crippen molar-refractivity contribution in [2.45, 2.75) is 13.0 Å². The summed E-state index contributed by atoms with van der Waals surface area (Å²) in [6.07, 6.45) is 4.46. The Hall–Kier alpha value is -3.87. The molecule has 0 aliphatic heterocycles. The standard InChI is InChI=1S/C16H13FN8O/c1-10(14-21-9-22-25(14)15-19-5-2-6-20-15)23-16(26)24-13-4-3-12(17)7-11(13)8-18/h2-7,9-10H,1H3,(H2,23,24,26)/t10-/m0/s1.